The van der Waals surface area contributed by atoms with E-state index in [0.29, 0.717) is 18.9 Å². The molecular formula is C16H21NO3S. The average molecular weight is 307 g/mol. The first-order valence-corrected chi connectivity index (χ1v) is 8.53. The van der Waals surface area contributed by atoms with Crippen LogP contribution < -0.4 is 4.72 Å². The summed E-state index contributed by atoms with van der Waals surface area (Å²) in [6.45, 7) is 4.81. The first kappa shape index (κ1) is 16.0. The van der Waals surface area contributed by atoms with Gasteiger partial charge < -0.3 is 5.11 Å². The van der Waals surface area contributed by atoms with Crippen LogP contribution in [0, 0.1) is 23.2 Å². The molecule has 0 bridgehead atoms. The van der Waals surface area contributed by atoms with Gasteiger partial charge in [-0.1, -0.05) is 25.7 Å². The molecule has 0 saturated heterocycles. The van der Waals surface area contributed by atoms with Crippen molar-refractivity contribution in [2.45, 2.75) is 31.6 Å². The van der Waals surface area contributed by atoms with Gasteiger partial charge in [0.2, 0.25) is 10.0 Å². The lowest BCUT2D eigenvalue weighted by atomic mass is 10.1. The second kappa shape index (κ2) is 6.18. The molecule has 1 aromatic carbocycles. The molecule has 21 heavy (non-hydrogen) atoms. The minimum Gasteiger partial charge on any atom is -0.395 e. The van der Waals surface area contributed by atoms with Crippen LogP contribution in [0.2, 0.25) is 0 Å². The molecule has 0 aliphatic heterocycles. The van der Waals surface area contributed by atoms with Gasteiger partial charge in [-0.3, -0.25) is 0 Å². The maximum atomic E-state index is 12.2. The van der Waals surface area contributed by atoms with Gasteiger partial charge in [0.1, 0.15) is 0 Å². The zero-order chi connectivity index (χ0) is 15.5. The number of rotatable bonds is 5. The fraction of sp³-hybridized carbons (Fsp3) is 0.500. The third-order valence-corrected chi connectivity index (χ3v) is 5.31. The maximum absolute atomic E-state index is 12.2. The van der Waals surface area contributed by atoms with E-state index in [1.165, 1.54) is 0 Å². The van der Waals surface area contributed by atoms with Gasteiger partial charge in [0.25, 0.3) is 0 Å². The first-order chi connectivity index (χ1) is 9.85. The molecule has 1 aliphatic carbocycles. The SMILES string of the molecule is CC1(C)CC1CNS(=O)(=O)c1ccc(C#CCCO)cc1. The molecule has 0 radical (unpaired) electrons. The summed E-state index contributed by atoms with van der Waals surface area (Å²) in [6, 6.07) is 6.48. The normalized spacial score (nSPS) is 19.7. The van der Waals surface area contributed by atoms with Gasteiger partial charge in [0.15, 0.2) is 0 Å². The largest absolute Gasteiger partial charge is 0.395 e. The van der Waals surface area contributed by atoms with Crippen molar-refractivity contribution in [2.24, 2.45) is 11.3 Å². The van der Waals surface area contributed by atoms with E-state index in [-0.39, 0.29) is 16.9 Å². The molecule has 114 valence electrons. The number of sulfonamides is 1. The maximum Gasteiger partial charge on any atom is 0.240 e. The minimum atomic E-state index is -3.45. The van der Waals surface area contributed by atoms with Gasteiger partial charge in [0.05, 0.1) is 11.5 Å². The fourth-order valence-corrected chi connectivity index (χ4v) is 3.24. The van der Waals surface area contributed by atoms with Crippen molar-refractivity contribution in [3.8, 4) is 11.8 Å². The molecule has 2 N–H and O–H groups in total. The number of hydrogen-bond donors (Lipinski definition) is 2. The Morgan fingerprint density at radius 1 is 1.33 bits per heavy atom. The Morgan fingerprint density at radius 3 is 2.48 bits per heavy atom. The lowest BCUT2D eigenvalue weighted by Crippen LogP contribution is -2.26. The molecule has 5 heteroatoms. The van der Waals surface area contributed by atoms with Gasteiger partial charge in [-0.25, -0.2) is 13.1 Å². The quantitative estimate of drug-likeness (QED) is 0.814. The topological polar surface area (TPSA) is 66.4 Å². The van der Waals surface area contributed by atoms with E-state index in [0.717, 1.165) is 12.0 Å². The molecule has 0 spiro atoms. The van der Waals surface area contributed by atoms with Gasteiger partial charge >= 0.3 is 0 Å². The van der Waals surface area contributed by atoms with Gasteiger partial charge in [-0.2, -0.15) is 0 Å². The van der Waals surface area contributed by atoms with E-state index in [9.17, 15) is 8.42 Å². The van der Waals surface area contributed by atoms with E-state index < -0.39 is 10.0 Å². The third-order valence-electron chi connectivity index (χ3n) is 3.87. The van der Waals surface area contributed by atoms with Gasteiger partial charge in [0, 0.05) is 18.5 Å². The van der Waals surface area contributed by atoms with E-state index in [1.54, 1.807) is 24.3 Å². The summed E-state index contributed by atoms with van der Waals surface area (Å²) in [5.41, 5.74) is 1.00. The van der Waals surface area contributed by atoms with Crippen LogP contribution in [0.15, 0.2) is 29.2 Å². The Hall–Kier alpha value is -1.35. The lowest BCUT2D eigenvalue weighted by Gasteiger charge is -2.08. The first-order valence-electron chi connectivity index (χ1n) is 7.05. The highest BCUT2D eigenvalue weighted by molar-refractivity contribution is 7.89. The van der Waals surface area contributed by atoms with E-state index >= 15 is 0 Å². The molecule has 2 rings (SSSR count). The molecule has 4 nitrogen and oxygen atoms in total. The van der Waals surface area contributed by atoms with E-state index in [4.69, 9.17) is 5.11 Å². The Morgan fingerprint density at radius 2 is 1.95 bits per heavy atom. The zero-order valence-corrected chi connectivity index (χ0v) is 13.2. The highest BCUT2D eigenvalue weighted by atomic mass is 32.2. The number of aliphatic hydroxyl groups is 1. The molecule has 1 fully saturated rings. The zero-order valence-electron chi connectivity index (χ0n) is 12.4. The number of aliphatic hydroxyl groups excluding tert-OH is 1. The Labute approximate surface area is 126 Å². The lowest BCUT2D eigenvalue weighted by molar-refractivity contribution is 0.305. The van der Waals surface area contributed by atoms with Crippen molar-refractivity contribution >= 4 is 10.0 Å². The predicted molar refractivity (Wildman–Crippen MR) is 82.1 cm³/mol. The van der Waals surface area contributed by atoms with Gasteiger partial charge in [-0.15, -0.1) is 0 Å². The van der Waals surface area contributed by atoms with Gasteiger partial charge in [-0.05, 0) is 42.0 Å². The smallest absolute Gasteiger partial charge is 0.240 e. The summed E-state index contributed by atoms with van der Waals surface area (Å²) in [5.74, 6) is 6.10. The van der Waals surface area contributed by atoms with Crippen LogP contribution >= 0.6 is 0 Å². The molecule has 0 amide bonds. The number of nitrogens with one attached hydrogen (secondary N) is 1. The Kier molecular flexibility index (Phi) is 4.72. The summed E-state index contributed by atoms with van der Waals surface area (Å²) < 4.78 is 27.0. The molecule has 1 saturated carbocycles. The summed E-state index contributed by atoms with van der Waals surface area (Å²) in [7, 11) is -3.45. The average Bonchev–Trinajstić information content (AvgIpc) is 3.05. The predicted octanol–water partition coefficient (Wildman–Crippen LogP) is 1.74. The highest BCUT2D eigenvalue weighted by Gasteiger charge is 2.45. The van der Waals surface area contributed by atoms with Crippen LogP contribution in [0.1, 0.15) is 32.3 Å². The molecule has 1 aromatic rings. The van der Waals surface area contributed by atoms with Crippen LogP contribution in [0.4, 0.5) is 0 Å². The van der Waals surface area contributed by atoms with Crippen LogP contribution in [-0.2, 0) is 10.0 Å². The van der Waals surface area contributed by atoms with Crippen LogP contribution in [-0.4, -0.2) is 26.7 Å². The molecule has 0 aromatic heterocycles. The second-order valence-electron chi connectivity index (χ2n) is 6.04. The van der Waals surface area contributed by atoms with Crippen molar-refractivity contribution in [3.63, 3.8) is 0 Å². The van der Waals surface area contributed by atoms with Crippen molar-refractivity contribution in [1.29, 1.82) is 0 Å². The Bertz CT molecular complexity index is 651. The standard InChI is InChI=1S/C16H21NO3S/c1-16(2)11-14(16)12-17-21(19,20)15-8-6-13(7-9-15)5-3-4-10-18/h6-9,14,17-18H,4,10-12H2,1-2H3. The summed E-state index contributed by atoms with van der Waals surface area (Å²) in [4.78, 5) is 0.258. The second-order valence-corrected chi connectivity index (χ2v) is 7.81. The monoisotopic (exact) mass is 307 g/mol. The van der Waals surface area contributed by atoms with Crippen molar-refractivity contribution in [3.05, 3.63) is 29.8 Å². The van der Waals surface area contributed by atoms with Crippen molar-refractivity contribution < 1.29 is 13.5 Å². The number of benzene rings is 1. The molecule has 1 unspecified atom stereocenters. The summed E-state index contributed by atoms with van der Waals surface area (Å²) >= 11 is 0. The van der Waals surface area contributed by atoms with E-state index in [1.807, 2.05) is 0 Å². The van der Waals surface area contributed by atoms with Crippen molar-refractivity contribution in [1.82, 2.24) is 4.72 Å². The molecule has 1 aliphatic rings. The van der Waals surface area contributed by atoms with Crippen molar-refractivity contribution in [2.75, 3.05) is 13.2 Å². The van der Waals surface area contributed by atoms with Crippen LogP contribution in [0.25, 0.3) is 0 Å². The van der Waals surface area contributed by atoms with Crippen LogP contribution in [0.3, 0.4) is 0 Å². The molecular weight excluding hydrogens is 286 g/mol. The summed E-state index contributed by atoms with van der Waals surface area (Å²) in [6.07, 6.45) is 1.48. The Balaban J connectivity index is 1.99. The highest BCUT2D eigenvalue weighted by Crippen LogP contribution is 2.51. The van der Waals surface area contributed by atoms with Crippen LogP contribution in [0.5, 0.6) is 0 Å². The third kappa shape index (κ3) is 4.31. The van der Waals surface area contributed by atoms with E-state index in [2.05, 4.69) is 30.4 Å². The fourth-order valence-electron chi connectivity index (χ4n) is 2.16. The molecule has 1 atom stereocenters. The number of hydrogen-bond acceptors (Lipinski definition) is 3. The minimum absolute atomic E-state index is 0.0287. The molecule has 0 heterocycles. The summed E-state index contributed by atoms with van der Waals surface area (Å²) in [5, 5.41) is 8.65.